The Balaban J connectivity index is 1.41. The van der Waals surface area contributed by atoms with E-state index in [0.717, 1.165) is 49.1 Å². The third-order valence-electron chi connectivity index (χ3n) is 8.48. The SMILES string of the molecule is CCCCCCCCc1ccc(-c2ccc(-c3ccc(C4CCC(CCC)CC4)cc3F)cc2)c(F)c1F. The molecule has 38 heavy (non-hydrogen) atoms. The second kappa shape index (κ2) is 14.0. The molecule has 4 rings (SSSR count). The van der Waals surface area contributed by atoms with Gasteiger partial charge >= 0.3 is 0 Å². The first-order valence-corrected chi connectivity index (χ1v) is 14.9. The summed E-state index contributed by atoms with van der Waals surface area (Å²) in [6, 6.07) is 16.1. The summed E-state index contributed by atoms with van der Waals surface area (Å²) in [6.45, 7) is 4.43. The van der Waals surface area contributed by atoms with Crippen molar-refractivity contribution in [2.45, 2.75) is 103 Å². The van der Waals surface area contributed by atoms with E-state index >= 15 is 4.39 Å². The van der Waals surface area contributed by atoms with Gasteiger partial charge in [0.15, 0.2) is 11.6 Å². The Kier molecular flexibility index (Phi) is 10.5. The Morgan fingerprint density at radius 3 is 1.92 bits per heavy atom. The van der Waals surface area contributed by atoms with E-state index in [-0.39, 0.29) is 11.4 Å². The molecule has 3 aromatic rings. The molecule has 204 valence electrons. The van der Waals surface area contributed by atoms with Gasteiger partial charge in [-0.1, -0.05) is 107 Å². The first-order chi connectivity index (χ1) is 18.5. The third kappa shape index (κ3) is 7.10. The second-order valence-electron chi connectivity index (χ2n) is 11.2. The maximum Gasteiger partial charge on any atom is 0.166 e. The smallest absolute Gasteiger partial charge is 0.166 e. The minimum Gasteiger partial charge on any atom is -0.206 e. The lowest BCUT2D eigenvalue weighted by atomic mass is 9.77. The van der Waals surface area contributed by atoms with Crippen LogP contribution >= 0.6 is 0 Å². The molecule has 0 unspecified atom stereocenters. The Labute approximate surface area is 227 Å². The quantitative estimate of drug-likeness (QED) is 0.208. The molecule has 1 aliphatic carbocycles. The standard InChI is InChI=1S/C35H43F3/c1-3-5-6-7-8-9-11-29-20-23-32(35(38)34(29)37)28-18-16-27(17-19-28)31-22-21-30(24-33(31)36)26-14-12-25(10-4-2)13-15-26/h16-26H,3-15H2,1-2H3. The van der Waals surface area contributed by atoms with Crippen molar-refractivity contribution < 1.29 is 13.2 Å². The molecule has 0 heterocycles. The summed E-state index contributed by atoms with van der Waals surface area (Å²) < 4.78 is 44.9. The van der Waals surface area contributed by atoms with Gasteiger partial charge < -0.3 is 0 Å². The summed E-state index contributed by atoms with van der Waals surface area (Å²) in [4.78, 5) is 0. The summed E-state index contributed by atoms with van der Waals surface area (Å²) >= 11 is 0. The van der Waals surface area contributed by atoms with E-state index < -0.39 is 11.6 Å². The molecule has 0 atom stereocenters. The summed E-state index contributed by atoms with van der Waals surface area (Å²) in [6.07, 6.45) is 14.5. The van der Waals surface area contributed by atoms with Crippen molar-refractivity contribution in [3.05, 3.63) is 83.2 Å². The van der Waals surface area contributed by atoms with Gasteiger partial charge in [0.2, 0.25) is 0 Å². The van der Waals surface area contributed by atoms with Crippen molar-refractivity contribution in [3.8, 4) is 22.3 Å². The Hall–Kier alpha value is -2.55. The van der Waals surface area contributed by atoms with Crippen LogP contribution in [0.2, 0.25) is 0 Å². The van der Waals surface area contributed by atoms with Crippen LogP contribution in [-0.4, -0.2) is 0 Å². The molecule has 0 nitrogen and oxygen atoms in total. The molecule has 0 N–H and O–H groups in total. The third-order valence-corrected chi connectivity index (χ3v) is 8.48. The van der Waals surface area contributed by atoms with Gasteiger partial charge in [0, 0.05) is 11.1 Å². The fourth-order valence-electron chi connectivity index (χ4n) is 6.14. The van der Waals surface area contributed by atoms with Crippen molar-refractivity contribution in [1.82, 2.24) is 0 Å². The Morgan fingerprint density at radius 1 is 0.632 bits per heavy atom. The summed E-state index contributed by atoms with van der Waals surface area (Å²) in [5.74, 6) is -0.497. The molecule has 0 aliphatic heterocycles. The van der Waals surface area contributed by atoms with E-state index in [0.29, 0.717) is 29.0 Å². The molecule has 0 amide bonds. The van der Waals surface area contributed by atoms with E-state index in [1.165, 1.54) is 44.9 Å². The van der Waals surface area contributed by atoms with Crippen molar-refractivity contribution in [3.63, 3.8) is 0 Å². The lowest BCUT2D eigenvalue weighted by Gasteiger charge is -2.28. The van der Waals surface area contributed by atoms with Gasteiger partial charge in [-0.05, 0) is 78.7 Å². The van der Waals surface area contributed by atoms with Crippen LogP contribution in [0.25, 0.3) is 22.3 Å². The van der Waals surface area contributed by atoms with Crippen molar-refractivity contribution in [2.75, 3.05) is 0 Å². The maximum atomic E-state index is 15.2. The van der Waals surface area contributed by atoms with Gasteiger partial charge in [-0.25, -0.2) is 13.2 Å². The van der Waals surface area contributed by atoms with Crippen LogP contribution in [0.1, 0.15) is 108 Å². The average molecular weight is 521 g/mol. The Bertz CT molecular complexity index is 1160. The lowest BCUT2D eigenvalue weighted by Crippen LogP contribution is -2.13. The topological polar surface area (TPSA) is 0 Å². The summed E-state index contributed by atoms with van der Waals surface area (Å²) in [5.41, 5.74) is 3.66. The second-order valence-corrected chi connectivity index (χ2v) is 11.2. The minimum absolute atomic E-state index is 0.220. The highest BCUT2D eigenvalue weighted by molar-refractivity contribution is 5.71. The van der Waals surface area contributed by atoms with Crippen LogP contribution in [0.15, 0.2) is 54.6 Å². The highest BCUT2D eigenvalue weighted by Crippen LogP contribution is 2.39. The maximum absolute atomic E-state index is 15.2. The average Bonchev–Trinajstić information content (AvgIpc) is 2.94. The van der Waals surface area contributed by atoms with Gasteiger partial charge in [0.25, 0.3) is 0 Å². The van der Waals surface area contributed by atoms with Gasteiger partial charge in [0.1, 0.15) is 5.82 Å². The van der Waals surface area contributed by atoms with Crippen LogP contribution in [0.5, 0.6) is 0 Å². The number of aryl methyl sites for hydroxylation is 1. The molecule has 1 fully saturated rings. The van der Waals surface area contributed by atoms with Crippen LogP contribution in [0, 0.1) is 23.4 Å². The van der Waals surface area contributed by atoms with Crippen LogP contribution < -0.4 is 0 Å². The molecule has 0 radical (unpaired) electrons. The van der Waals surface area contributed by atoms with Crippen molar-refractivity contribution >= 4 is 0 Å². The van der Waals surface area contributed by atoms with E-state index in [2.05, 4.69) is 19.9 Å². The van der Waals surface area contributed by atoms with Gasteiger partial charge in [-0.2, -0.15) is 0 Å². The molecule has 3 heteroatoms. The van der Waals surface area contributed by atoms with Gasteiger partial charge in [-0.3, -0.25) is 0 Å². The summed E-state index contributed by atoms with van der Waals surface area (Å²) in [7, 11) is 0. The van der Waals surface area contributed by atoms with Crippen molar-refractivity contribution in [1.29, 1.82) is 0 Å². The zero-order valence-electron chi connectivity index (χ0n) is 23.2. The predicted molar refractivity (Wildman–Crippen MR) is 154 cm³/mol. The van der Waals surface area contributed by atoms with Crippen LogP contribution in [0.3, 0.4) is 0 Å². The molecule has 1 aliphatic rings. The lowest BCUT2D eigenvalue weighted by molar-refractivity contribution is 0.308. The number of hydrogen-bond donors (Lipinski definition) is 0. The van der Waals surface area contributed by atoms with Crippen LogP contribution in [0.4, 0.5) is 13.2 Å². The fourth-order valence-corrected chi connectivity index (χ4v) is 6.14. The van der Waals surface area contributed by atoms with E-state index in [4.69, 9.17) is 0 Å². The van der Waals surface area contributed by atoms with E-state index in [1.54, 1.807) is 42.5 Å². The monoisotopic (exact) mass is 520 g/mol. The molecule has 0 saturated heterocycles. The van der Waals surface area contributed by atoms with Crippen molar-refractivity contribution in [2.24, 2.45) is 5.92 Å². The zero-order chi connectivity index (χ0) is 26.9. The number of halogens is 3. The zero-order valence-corrected chi connectivity index (χ0v) is 23.2. The normalized spacial score (nSPS) is 17.6. The van der Waals surface area contributed by atoms with E-state index in [9.17, 15) is 8.78 Å². The Morgan fingerprint density at radius 2 is 1.26 bits per heavy atom. The largest absolute Gasteiger partial charge is 0.206 e. The van der Waals surface area contributed by atoms with Gasteiger partial charge in [0.05, 0.1) is 0 Å². The number of hydrogen-bond acceptors (Lipinski definition) is 0. The highest BCUT2D eigenvalue weighted by atomic mass is 19.2. The fraction of sp³-hybridized carbons (Fsp3) is 0.486. The molecular formula is C35H43F3. The molecule has 3 aromatic carbocycles. The number of unbranched alkanes of at least 4 members (excludes halogenated alkanes) is 5. The van der Waals surface area contributed by atoms with E-state index in [1.807, 2.05) is 6.07 Å². The molecule has 0 aromatic heterocycles. The number of rotatable bonds is 12. The first-order valence-electron chi connectivity index (χ1n) is 14.9. The highest BCUT2D eigenvalue weighted by Gasteiger charge is 2.23. The number of benzene rings is 3. The molecular weight excluding hydrogens is 477 g/mol. The van der Waals surface area contributed by atoms with Crippen LogP contribution in [-0.2, 0) is 6.42 Å². The summed E-state index contributed by atoms with van der Waals surface area (Å²) in [5, 5.41) is 0. The minimum atomic E-state index is -0.801. The predicted octanol–water partition coefficient (Wildman–Crippen LogP) is 11.4. The molecule has 1 saturated carbocycles. The van der Waals surface area contributed by atoms with Gasteiger partial charge in [-0.15, -0.1) is 0 Å². The molecule has 0 bridgehead atoms. The molecule has 0 spiro atoms. The first kappa shape index (κ1) is 28.5.